The number of carbonyl (C=O) groups excluding carboxylic acids is 1. The molecule has 0 aromatic heterocycles. The van der Waals surface area contributed by atoms with Crippen molar-refractivity contribution in [2.24, 2.45) is 5.41 Å². The second-order valence-corrected chi connectivity index (χ2v) is 14.4. The van der Waals surface area contributed by atoms with E-state index in [0.717, 1.165) is 45.2 Å². The van der Waals surface area contributed by atoms with Crippen LogP contribution in [0.3, 0.4) is 0 Å². The predicted octanol–water partition coefficient (Wildman–Crippen LogP) is 6.32. The summed E-state index contributed by atoms with van der Waals surface area (Å²) >= 11 is 1.92. The largest absolute Gasteiger partial charge is 0.466 e. The van der Waals surface area contributed by atoms with Gasteiger partial charge >= 0.3 is 5.97 Å². The Morgan fingerprint density at radius 2 is 1.90 bits per heavy atom. The number of unbranched alkanes of at least 4 members (excludes halogenated alkanes) is 2. The Kier molecular flexibility index (Phi) is 6.87. The minimum absolute atomic E-state index is 0.0176. The van der Waals surface area contributed by atoms with Crippen LogP contribution in [0.2, 0.25) is 0 Å². The number of nitrogens with one attached hydrogen (secondary N) is 1. The van der Waals surface area contributed by atoms with E-state index in [0.29, 0.717) is 19.1 Å². The lowest BCUT2D eigenvalue weighted by Crippen LogP contribution is -3.13. The maximum absolute atomic E-state index is 11.9. The van der Waals surface area contributed by atoms with Crippen LogP contribution in [0, 0.1) is 5.41 Å². The minimum atomic E-state index is -0.0689. The molecular weight excluding hydrogens is 528 g/mol. The summed E-state index contributed by atoms with van der Waals surface area (Å²) in [6.07, 6.45) is 8.63. The number of para-hydroxylation sites is 2. The van der Waals surface area contributed by atoms with Crippen molar-refractivity contribution < 1.29 is 19.2 Å². The Hall–Kier alpha value is -2.54. The Bertz CT molecular complexity index is 1430. The van der Waals surface area contributed by atoms with Crippen molar-refractivity contribution in [2.75, 3.05) is 24.6 Å². The molecule has 5 unspecified atom stereocenters. The molecule has 5 heterocycles. The summed E-state index contributed by atoms with van der Waals surface area (Å²) in [6.45, 7) is 11.7. The van der Waals surface area contributed by atoms with Crippen molar-refractivity contribution in [2.45, 2.75) is 94.8 Å². The van der Waals surface area contributed by atoms with Gasteiger partial charge in [0.15, 0.2) is 0 Å². The highest BCUT2D eigenvalue weighted by Crippen LogP contribution is 2.56. The smallest absolute Gasteiger partial charge is 0.305 e. The zero-order valence-electron chi connectivity index (χ0n) is 24.9. The molecule has 0 bridgehead atoms. The molecule has 2 aromatic rings. The van der Waals surface area contributed by atoms with Crippen LogP contribution < -0.4 is 9.80 Å². The molecule has 0 aliphatic carbocycles. The predicted molar refractivity (Wildman–Crippen MR) is 165 cm³/mol. The van der Waals surface area contributed by atoms with Crippen LogP contribution >= 0.6 is 11.8 Å². The average molecular weight is 572 g/mol. The second kappa shape index (κ2) is 10.3. The molecule has 5 aliphatic heterocycles. The fraction of sp³-hybridized carbons (Fsp3) is 0.514. The van der Waals surface area contributed by atoms with Crippen LogP contribution in [0.1, 0.15) is 71.8 Å². The van der Waals surface area contributed by atoms with Gasteiger partial charge in [-0.25, -0.2) is 0 Å². The Morgan fingerprint density at radius 1 is 1.10 bits per heavy atom. The summed E-state index contributed by atoms with van der Waals surface area (Å²) in [5, 5.41) is 1.37. The zero-order valence-corrected chi connectivity index (χ0v) is 25.7. The van der Waals surface area contributed by atoms with Crippen LogP contribution in [0.15, 0.2) is 75.7 Å². The molecule has 2 aromatic carbocycles. The van der Waals surface area contributed by atoms with Gasteiger partial charge in [-0.05, 0) is 51.0 Å². The number of ether oxygens (including phenoxy) is 2. The van der Waals surface area contributed by atoms with E-state index in [1.165, 1.54) is 38.0 Å². The van der Waals surface area contributed by atoms with Gasteiger partial charge in [0.05, 0.1) is 41.5 Å². The van der Waals surface area contributed by atoms with Crippen molar-refractivity contribution in [1.29, 1.82) is 0 Å². The molecule has 0 spiro atoms. The van der Waals surface area contributed by atoms with Gasteiger partial charge in [0.2, 0.25) is 0 Å². The third-order valence-electron chi connectivity index (χ3n) is 10.2. The lowest BCUT2D eigenvalue weighted by atomic mass is 9.68. The van der Waals surface area contributed by atoms with Crippen LogP contribution in [-0.4, -0.2) is 43.9 Å². The highest BCUT2D eigenvalue weighted by Gasteiger charge is 2.59. The van der Waals surface area contributed by atoms with E-state index in [2.05, 4.69) is 80.3 Å². The molecule has 41 heavy (non-hydrogen) atoms. The lowest BCUT2D eigenvalue weighted by Gasteiger charge is -2.50. The number of hydrogen-bond acceptors (Lipinski definition) is 5. The van der Waals surface area contributed by atoms with E-state index in [9.17, 15) is 4.79 Å². The molecule has 7 rings (SSSR count). The fourth-order valence-corrected chi connectivity index (χ4v) is 9.58. The second-order valence-electron chi connectivity index (χ2n) is 13.4. The Balaban J connectivity index is 1.24. The Labute approximate surface area is 249 Å². The summed E-state index contributed by atoms with van der Waals surface area (Å²) in [5.41, 5.74) is 7.22. The summed E-state index contributed by atoms with van der Waals surface area (Å²) < 4.78 is 12.3. The number of piperidine rings is 1. The molecule has 1 N–H and O–H groups in total. The lowest BCUT2D eigenvalue weighted by molar-refractivity contribution is -0.857. The highest BCUT2D eigenvalue weighted by atomic mass is 32.2. The van der Waals surface area contributed by atoms with Gasteiger partial charge in [-0.2, -0.15) is 0 Å². The maximum atomic E-state index is 11.9. The summed E-state index contributed by atoms with van der Waals surface area (Å²) in [5.74, 6) is -0.0689. The first kappa shape index (κ1) is 27.3. The van der Waals surface area contributed by atoms with Gasteiger partial charge in [0.25, 0.3) is 0 Å². The number of nitrogens with zero attached hydrogens (tertiary/aromatic N) is 1. The van der Waals surface area contributed by atoms with E-state index >= 15 is 0 Å². The summed E-state index contributed by atoms with van der Waals surface area (Å²) in [4.78, 5) is 17.4. The van der Waals surface area contributed by atoms with Gasteiger partial charge in [0, 0.05) is 46.4 Å². The van der Waals surface area contributed by atoms with E-state index < -0.39 is 0 Å². The van der Waals surface area contributed by atoms with Crippen molar-refractivity contribution in [3.8, 4) is 0 Å². The molecule has 0 radical (unpaired) electrons. The molecule has 1 fully saturated rings. The van der Waals surface area contributed by atoms with Crippen molar-refractivity contribution in [3.05, 3.63) is 76.3 Å². The van der Waals surface area contributed by atoms with Gasteiger partial charge in [-0.15, -0.1) is 0 Å². The van der Waals surface area contributed by atoms with E-state index in [1.807, 2.05) is 18.7 Å². The molecule has 1 saturated heterocycles. The summed E-state index contributed by atoms with van der Waals surface area (Å²) in [6, 6.07) is 18.4. The standard InChI is InChI=1S/C35H42N2O3S/c1-5-39-30(38)17-7-6-12-19-35(4)25-13-8-9-14-26(25)36-20-18-28-23(31(35)36)21-24-32(40-28)34(2,3)22-37-27-15-10-11-16-29(27)41-33(24)37/h8-11,13-16,21,28,31-32H,5-7,12,17-20,22H2,1-4H3/p+1. The van der Waals surface area contributed by atoms with Crippen molar-refractivity contribution >= 4 is 29.1 Å². The molecule has 216 valence electrons. The monoisotopic (exact) mass is 571 g/mol. The molecule has 5 aliphatic rings. The van der Waals surface area contributed by atoms with Crippen molar-refractivity contribution in [1.82, 2.24) is 0 Å². The highest BCUT2D eigenvalue weighted by molar-refractivity contribution is 8.03. The maximum Gasteiger partial charge on any atom is 0.305 e. The third-order valence-corrected chi connectivity index (χ3v) is 11.4. The minimum Gasteiger partial charge on any atom is -0.466 e. The van der Waals surface area contributed by atoms with Gasteiger partial charge in [-0.3, -0.25) is 9.69 Å². The first-order chi connectivity index (χ1) is 19.8. The number of quaternary nitrogens is 1. The van der Waals surface area contributed by atoms with Crippen LogP contribution in [0.4, 0.5) is 11.4 Å². The van der Waals surface area contributed by atoms with Gasteiger partial charge < -0.3 is 14.4 Å². The van der Waals surface area contributed by atoms with Crippen LogP contribution in [0.25, 0.3) is 0 Å². The topological polar surface area (TPSA) is 43.2 Å². The fourth-order valence-electron chi connectivity index (χ4n) is 8.39. The van der Waals surface area contributed by atoms with E-state index in [-0.39, 0.29) is 29.0 Å². The number of hydrogen-bond donors (Lipinski definition) is 1. The normalized spacial score (nSPS) is 30.4. The number of esters is 1. The number of benzene rings is 2. The zero-order chi connectivity index (χ0) is 28.4. The Morgan fingerprint density at radius 3 is 2.76 bits per heavy atom. The molecule has 5 nitrogen and oxygen atoms in total. The SMILES string of the molecule is CCOC(=O)CCCCCC1(C)c2ccccc2[NH+]2CCC3OC4C(=C5Sc6ccccc6N5CC4(C)C)C=C3C21. The molecule has 5 atom stereocenters. The summed E-state index contributed by atoms with van der Waals surface area (Å²) in [7, 11) is 0. The molecule has 0 amide bonds. The van der Waals surface area contributed by atoms with Crippen molar-refractivity contribution in [3.63, 3.8) is 0 Å². The number of fused-ring (bicyclic) bond motifs is 9. The first-order valence-electron chi connectivity index (χ1n) is 15.6. The number of thioether (sulfide) groups is 1. The molecule has 6 heteroatoms. The van der Waals surface area contributed by atoms with Gasteiger partial charge in [-0.1, -0.05) is 68.8 Å². The van der Waals surface area contributed by atoms with Gasteiger partial charge in [0.1, 0.15) is 11.7 Å². The quantitative estimate of drug-likeness (QED) is 0.311. The van der Waals surface area contributed by atoms with Crippen LogP contribution in [-0.2, 0) is 19.7 Å². The average Bonchev–Trinajstić information content (AvgIpc) is 3.45. The molecular formula is C35H43N2O3S+. The number of carbonyl (C=O) groups is 1. The molecule has 0 saturated carbocycles. The third kappa shape index (κ3) is 4.40. The first-order valence-corrected chi connectivity index (χ1v) is 16.4. The van der Waals surface area contributed by atoms with E-state index in [4.69, 9.17) is 9.47 Å². The number of rotatable bonds is 7. The van der Waals surface area contributed by atoms with Crippen LogP contribution in [0.5, 0.6) is 0 Å². The van der Waals surface area contributed by atoms with E-state index in [1.54, 1.807) is 4.90 Å². The number of anilines is 1.